The summed E-state index contributed by atoms with van der Waals surface area (Å²) < 4.78 is 14.2. The maximum atomic E-state index is 13.7. The van der Waals surface area contributed by atoms with E-state index in [1.165, 1.54) is 0 Å². The lowest BCUT2D eigenvalue weighted by molar-refractivity contribution is 0.172. The average molecular weight is 423 g/mol. The van der Waals surface area contributed by atoms with E-state index in [2.05, 4.69) is 48.2 Å². The van der Waals surface area contributed by atoms with Gasteiger partial charge in [-0.15, -0.1) is 0 Å². The van der Waals surface area contributed by atoms with Gasteiger partial charge in [-0.05, 0) is 46.6 Å². The van der Waals surface area contributed by atoms with Gasteiger partial charge in [-0.25, -0.2) is 9.38 Å². The summed E-state index contributed by atoms with van der Waals surface area (Å²) in [5.74, 6) is 0.720. The van der Waals surface area contributed by atoms with Crippen molar-refractivity contribution in [1.82, 2.24) is 25.3 Å². The lowest BCUT2D eigenvalue weighted by Gasteiger charge is -2.36. The number of aromatic amines is 1. The molecule has 0 atom stereocenters. The predicted octanol–water partition coefficient (Wildman–Crippen LogP) is 2.59. The van der Waals surface area contributed by atoms with Crippen LogP contribution < -0.4 is 5.32 Å². The molecule has 2 heterocycles. The highest BCUT2D eigenvalue weighted by Crippen LogP contribution is 2.18. The van der Waals surface area contributed by atoms with Crippen LogP contribution in [0.2, 0.25) is 0 Å². The number of guanidine groups is 1. The van der Waals surface area contributed by atoms with Gasteiger partial charge in [-0.2, -0.15) is 5.10 Å². The summed E-state index contributed by atoms with van der Waals surface area (Å²) >= 11 is 3.20. The molecular formula is C18H24BrFN6. The van der Waals surface area contributed by atoms with Gasteiger partial charge in [0.25, 0.3) is 0 Å². The van der Waals surface area contributed by atoms with Crippen LogP contribution in [-0.4, -0.2) is 58.7 Å². The number of nitrogens with zero attached hydrogens (tertiary/aromatic N) is 4. The number of hydrogen-bond donors (Lipinski definition) is 2. The first kappa shape index (κ1) is 18.8. The number of H-pyrrole nitrogens is 1. The summed E-state index contributed by atoms with van der Waals surface area (Å²) in [6.07, 6.45) is 1.74. The van der Waals surface area contributed by atoms with Crippen molar-refractivity contribution >= 4 is 21.9 Å². The number of hydrogen-bond acceptors (Lipinski definition) is 3. The Hall–Kier alpha value is -1.93. The van der Waals surface area contributed by atoms with Crippen LogP contribution in [0.3, 0.4) is 0 Å². The maximum absolute atomic E-state index is 13.7. The normalized spacial score (nSPS) is 16.1. The minimum Gasteiger partial charge on any atom is -0.357 e. The van der Waals surface area contributed by atoms with Crippen molar-refractivity contribution in [2.24, 2.45) is 4.99 Å². The van der Waals surface area contributed by atoms with E-state index in [0.717, 1.165) is 56.5 Å². The van der Waals surface area contributed by atoms with Crippen LogP contribution in [0.25, 0.3) is 0 Å². The second-order valence-electron chi connectivity index (χ2n) is 6.26. The summed E-state index contributed by atoms with van der Waals surface area (Å²) in [5.41, 5.74) is 2.00. The molecule has 3 rings (SSSR count). The molecule has 0 saturated carbocycles. The number of aliphatic imine (C=N–C) groups is 1. The highest BCUT2D eigenvalue weighted by Gasteiger charge is 2.20. The van der Waals surface area contributed by atoms with Gasteiger partial charge in [0.1, 0.15) is 5.82 Å². The van der Waals surface area contributed by atoms with Crippen molar-refractivity contribution in [3.05, 3.63) is 52.0 Å². The van der Waals surface area contributed by atoms with E-state index >= 15 is 0 Å². The molecule has 1 aromatic carbocycles. The third-order valence-corrected chi connectivity index (χ3v) is 5.00. The molecule has 1 fully saturated rings. The van der Waals surface area contributed by atoms with E-state index < -0.39 is 0 Å². The number of nitrogens with one attached hydrogen (secondary N) is 2. The molecular weight excluding hydrogens is 399 g/mol. The fourth-order valence-corrected chi connectivity index (χ4v) is 3.22. The Morgan fingerprint density at radius 1 is 1.31 bits per heavy atom. The van der Waals surface area contributed by atoms with Gasteiger partial charge in [0.15, 0.2) is 5.96 Å². The van der Waals surface area contributed by atoms with Crippen molar-refractivity contribution in [2.45, 2.75) is 20.0 Å². The largest absolute Gasteiger partial charge is 0.357 e. The van der Waals surface area contributed by atoms with Gasteiger partial charge in [-0.3, -0.25) is 10.00 Å². The number of piperazine rings is 1. The van der Waals surface area contributed by atoms with Gasteiger partial charge in [-0.1, -0.05) is 6.07 Å². The van der Waals surface area contributed by atoms with Crippen LogP contribution >= 0.6 is 15.9 Å². The Kier molecular flexibility index (Phi) is 6.62. The zero-order chi connectivity index (χ0) is 18.4. The summed E-state index contributed by atoms with van der Waals surface area (Å²) in [6.45, 7) is 7.89. The van der Waals surface area contributed by atoms with Crippen LogP contribution in [0.5, 0.6) is 0 Å². The van der Waals surface area contributed by atoms with E-state index in [9.17, 15) is 4.39 Å². The lowest BCUT2D eigenvalue weighted by Crippen LogP contribution is -2.52. The topological polar surface area (TPSA) is 59.6 Å². The number of benzene rings is 1. The summed E-state index contributed by atoms with van der Waals surface area (Å²) in [5, 5.41) is 10.3. The molecule has 0 bridgehead atoms. The van der Waals surface area contributed by atoms with Gasteiger partial charge >= 0.3 is 0 Å². The third kappa shape index (κ3) is 5.04. The van der Waals surface area contributed by atoms with Crippen molar-refractivity contribution in [1.29, 1.82) is 0 Å². The summed E-state index contributed by atoms with van der Waals surface area (Å²) in [7, 11) is 0. The van der Waals surface area contributed by atoms with Crippen molar-refractivity contribution in [3.8, 4) is 0 Å². The molecule has 8 heteroatoms. The Balaban J connectivity index is 1.55. The standard InChI is InChI=1S/C18H24BrFN6/c1-2-21-18(22-12-15-5-6-23-24-15)26-9-7-25(8-10-26)13-14-3-4-16(19)17(20)11-14/h3-6,11H,2,7-10,12-13H2,1H3,(H,21,22)(H,23,24). The first-order valence-corrected chi connectivity index (χ1v) is 9.63. The molecule has 0 unspecified atom stereocenters. The molecule has 6 nitrogen and oxygen atoms in total. The van der Waals surface area contributed by atoms with E-state index in [1.54, 1.807) is 18.3 Å². The van der Waals surface area contributed by atoms with Crippen LogP contribution in [0.1, 0.15) is 18.2 Å². The van der Waals surface area contributed by atoms with Gasteiger partial charge in [0.05, 0.1) is 16.7 Å². The fourth-order valence-electron chi connectivity index (χ4n) is 2.97. The Morgan fingerprint density at radius 3 is 2.77 bits per heavy atom. The molecule has 2 N–H and O–H groups in total. The van der Waals surface area contributed by atoms with Gasteiger partial charge < -0.3 is 10.2 Å². The van der Waals surface area contributed by atoms with E-state index in [0.29, 0.717) is 11.0 Å². The molecule has 140 valence electrons. The van der Waals surface area contributed by atoms with Crippen molar-refractivity contribution in [2.75, 3.05) is 32.7 Å². The minimum absolute atomic E-state index is 0.207. The first-order chi connectivity index (χ1) is 12.7. The van der Waals surface area contributed by atoms with Crippen LogP contribution in [0.4, 0.5) is 4.39 Å². The summed E-state index contributed by atoms with van der Waals surface area (Å²) in [4.78, 5) is 9.32. The number of halogens is 2. The highest BCUT2D eigenvalue weighted by atomic mass is 79.9. The molecule has 0 amide bonds. The molecule has 1 aliphatic heterocycles. The first-order valence-electron chi connectivity index (χ1n) is 8.83. The average Bonchev–Trinajstić information content (AvgIpc) is 3.16. The van der Waals surface area contributed by atoms with E-state index in [4.69, 9.17) is 4.99 Å². The van der Waals surface area contributed by atoms with E-state index in [1.807, 2.05) is 12.1 Å². The molecule has 0 aliphatic carbocycles. The highest BCUT2D eigenvalue weighted by molar-refractivity contribution is 9.10. The van der Waals surface area contributed by atoms with Crippen LogP contribution in [-0.2, 0) is 13.1 Å². The zero-order valence-corrected chi connectivity index (χ0v) is 16.5. The van der Waals surface area contributed by atoms with E-state index in [-0.39, 0.29) is 5.82 Å². The number of rotatable bonds is 5. The van der Waals surface area contributed by atoms with Gasteiger partial charge in [0.2, 0.25) is 0 Å². The van der Waals surface area contributed by atoms with Crippen molar-refractivity contribution < 1.29 is 4.39 Å². The van der Waals surface area contributed by atoms with Crippen molar-refractivity contribution in [3.63, 3.8) is 0 Å². The van der Waals surface area contributed by atoms with Crippen LogP contribution in [0, 0.1) is 5.82 Å². The molecule has 0 spiro atoms. The predicted molar refractivity (Wildman–Crippen MR) is 104 cm³/mol. The second kappa shape index (κ2) is 9.14. The molecule has 1 aliphatic rings. The fraction of sp³-hybridized carbons (Fsp3) is 0.444. The Labute approximate surface area is 161 Å². The number of aromatic nitrogens is 2. The Morgan fingerprint density at radius 2 is 2.12 bits per heavy atom. The quantitative estimate of drug-likeness (QED) is 0.574. The SMILES string of the molecule is CCNC(=NCc1ccn[nH]1)N1CCN(Cc2ccc(Br)c(F)c2)CC1. The van der Waals surface area contributed by atoms with Gasteiger partial charge in [0, 0.05) is 45.5 Å². The molecule has 2 aromatic rings. The third-order valence-electron chi connectivity index (χ3n) is 4.35. The molecule has 0 radical (unpaired) electrons. The molecule has 1 aromatic heterocycles. The lowest BCUT2D eigenvalue weighted by atomic mass is 10.2. The molecule has 26 heavy (non-hydrogen) atoms. The summed E-state index contributed by atoms with van der Waals surface area (Å²) in [6, 6.07) is 7.27. The smallest absolute Gasteiger partial charge is 0.194 e. The maximum Gasteiger partial charge on any atom is 0.194 e. The van der Waals surface area contributed by atoms with Crippen LogP contribution in [0.15, 0.2) is 39.9 Å². The second-order valence-corrected chi connectivity index (χ2v) is 7.12. The monoisotopic (exact) mass is 422 g/mol. The molecule has 1 saturated heterocycles. The minimum atomic E-state index is -0.207. The Bertz CT molecular complexity index is 725. The zero-order valence-electron chi connectivity index (χ0n) is 14.9.